The lowest BCUT2D eigenvalue weighted by molar-refractivity contribution is 0.175. The maximum absolute atomic E-state index is 5.54. The van der Waals surface area contributed by atoms with E-state index in [0.717, 1.165) is 56.6 Å². The molecule has 3 heterocycles. The fourth-order valence-electron chi connectivity index (χ4n) is 3.66. The summed E-state index contributed by atoms with van der Waals surface area (Å²) in [5.41, 5.74) is 1.29. The number of piperidine rings is 1. The summed E-state index contributed by atoms with van der Waals surface area (Å²) in [6, 6.07) is 10.5. The van der Waals surface area contributed by atoms with E-state index in [4.69, 9.17) is 4.52 Å². The van der Waals surface area contributed by atoms with Crippen molar-refractivity contribution in [3.8, 4) is 0 Å². The number of nitrogens with zero attached hydrogens (tertiary/aromatic N) is 5. The lowest BCUT2D eigenvalue weighted by Gasteiger charge is -2.30. The van der Waals surface area contributed by atoms with Gasteiger partial charge in [-0.05, 0) is 24.9 Å². The standard InChI is InChI=1S/C21H27N5O/c1-16(2)20-23-21(27-24-20)18-9-6-11-25(14-18)15-19-22-10-12-26(19)13-17-7-4-3-5-8-17/h3-5,7-8,10,12,16,18H,6,9,11,13-15H2,1-2H3. The van der Waals surface area contributed by atoms with Crippen LogP contribution in [-0.4, -0.2) is 37.7 Å². The minimum absolute atomic E-state index is 0.299. The molecule has 1 aliphatic heterocycles. The first-order valence-corrected chi connectivity index (χ1v) is 9.79. The molecule has 6 nitrogen and oxygen atoms in total. The first-order valence-electron chi connectivity index (χ1n) is 9.79. The quantitative estimate of drug-likeness (QED) is 0.665. The molecule has 1 aromatic carbocycles. The van der Waals surface area contributed by atoms with Crippen LogP contribution in [0.1, 0.15) is 61.6 Å². The number of aromatic nitrogens is 4. The maximum Gasteiger partial charge on any atom is 0.231 e. The number of likely N-dealkylation sites (tertiary alicyclic amines) is 1. The van der Waals surface area contributed by atoms with Gasteiger partial charge in [-0.25, -0.2) is 4.98 Å². The highest BCUT2D eigenvalue weighted by Gasteiger charge is 2.27. The first kappa shape index (κ1) is 17.9. The van der Waals surface area contributed by atoms with Crippen LogP contribution >= 0.6 is 0 Å². The Morgan fingerprint density at radius 3 is 2.81 bits per heavy atom. The van der Waals surface area contributed by atoms with Crippen molar-refractivity contribution in [3.63, 3.8) is 0 Å². The summed E-state index contributed by atoms with van der Waals surface area (Å²) in [4.78, 5) is 11.7. The Bertz CT molecular complexity index is 854. The van der Waals surface area contributed by atoms with E-state index in [1.807, 2.05) is 6.20 Å². The van der Waals surface area contributed by atoms with Gasteiger partial charge in [-0.1, -0.05) is 49.3 Å². The van der Waals surface area contributed by atoms with Gasteiger partial charge < -0.3 is 9.09 Å². The monoisotopic (exact) mass is 365 g/mol. The van der Waals surface area contributed by atoms with Gasteiger partial charge >= 0.3 is 0 Å². The highest BCUT2D eigenvalue weighted by Crippen LogP contribution is 2.27. The van der Waals surface area contributed by atoms with E-state index in [0.29, 0.717) is 11.8 Å². The van der Waals surface area contributed by atoms with Crippen molar-refractivity contribution < 1.29 is 4.52 Å². The summed E-state index contributed by atoms with van der Waals surface area (Å²) in [5.74, 6) is 3.31. The lowest BCUT2D eigenvalue weighted by atomic mass is 9.98. The van der Waals surface area contributed by atoms with Crippen molar-refractivity contribution in [2.24, 2.45) is 0 Å². The number of hydrogen-bond acceptors (Lipinski definition) is 5. The second-order valence-corrected chi connectivity index (χ2v) is 7.68. The molecule has 0 spiro atoms. The molecule has 4 rings (SSSR count). The molecule has 6 heteroatoms. The third-order valence-electron chi connectivity index (χ3n) is 5.19. The molecule has 1 aliphatic rings. The predicted octanol–water partition coefficient (Wildman–Crippen LogP) is 3.82. The summed E-state index contributed by atoms with van der Waals surface area (Å²) in [6.45, 7) is 7.91. The van der Waals surface area contributed by atoms with Crippen molar-refractivity contribution in [1.29, 1.82) is 0 Å². The molecular formula is C21H27N5O. The Balaban J connectivity index is 1.42. The fraction of sp³-hybridized carbons (Fsp3) is 0.476. The molecule has 1 atom stereocenters. The van der Waals surface area contributed by atoms with Crippen molar-refractivity contribution >= 4 is 0 Å². The molecule has 0 radical (unpaired) electrons. The summed E-state index contributed by atoms with van der Waals surface area (Å²) in [7, 11) is 0. The van der Waals surface area contributed by atoms with E-state index < -0.39 is 0 Å². The Morgan fingerprint density at radius 2 is 2.04 bits per heavy atom. The lowest BCUT2D eigenvalue weighted by Crippen LogP contribution is -2.35. The zero-order valence-electron chi connectivity index (χ0n) is 16.1. The van der Waals surface area contributed by atoms with Crippen LogP contribution in [0, 0.1) is 0 Å². The van der Waals surface area contributed by atoms with Gasteiger partial charge in [0.1, 0.15) is 5.82 Å². The maximum atomic E-state index is 5.54. The van der Waals surface area contributed by atoms with Crippen molar-refractivity contribution in [1.82, 2.24) is 24.6 Å². The minimum atomic E-state index is 0.299. The Hall–Kier alpha value is -2.47. The second kappa shape index (κ2) is 8.05. The largest absolute Gasteiger partial charge is 0.339 e. The Kier molecular flexibility index (Phi) is 5.34. The van der Waals surface area contributed by atoms with Crippen molar-refractivity contribution in [2.75, 3.05) is 13.1 Å². The van der Waals surface area contributed by atoms with E-state index in [1.54, 1.807) is 0 Å². The van der Waals surface area contributed by atoms with Crippen LogP contribution in [0.15, 0.2) is 47.2 Å². The molecular weight excluding hydrogens is 338 g/mol. The molecule has 0 amide bonds. The molecule has 0 aliphatic carbocycles. The Labute approximate surface area is 160 Å². The van der Waals surface area contributed by atoms with E-state index in [2.05, 4.69) is 75.0 Å². The third-order valence-corrected chi connectivity index (χ3v) is 5.19. The molecule has 1 unspecified atom stereocenters. The summed E-state index contributed by atoms with van der Waals surface area (Å²) in [6.07, 6.45) is 6.21. The topological polar surface area (TPSA) is 60.0 Å². The van der Waals surface area contributed by atoms with Crippen LogP contribution in [0.4, 0.5) is 0 Å². The summed E-state index contributed by atoms with van der Waals surface area (Å²) >= 11 is 0. The highest BCUT2D eigenvalue weighted by molar-refractivity contribution is 5.16. The normalized spacial score (nSPS) is 18.3. The SMILES string of the molecule is CC(C)c1noc(C2CCCN(Cc3nccn3Cc3ccccc3)C2)n1. The van der Waals surface area contributed by atoms with Crippen molar-refractivity contribution in [2.45, 2.75) is 51.6 Å². The van der Waals surface area contributed by atoms with E-state index >= 15 is 0 Å². The number of rotatable bonds is 6. The molecule has 1 fully saturated rings. The van der Waals surface area contributed by atoms with Crippen LogP contribution in [-0.2, 0) is 13.1 Å². The first-order chi connectivity index (χ1) is 13.2. The summed E-state index contributed by atoms with van der Waals surface area (Å²) < 4.78 is 7.78. The second-order valence-electron chi connectivity index (χ2n) is 7.68. The number of benzene rings is 1. The van der Waals surface area contributed by atoms with E-state index in [9.17, 15) is 0 Å². The van der Waals surface area contributed by atoms with Gasteiger partial charge in [0, 0.05) is 31.4 Å². The highest BCUT2D eigenvalue weighted by atomic mass is 16.5. The van der Waals surface area contributed by atoms with E-state index in [-0.39, 0.29) is 0 Å². The molecule has 27 heavy (non-hydrogen) atoms. The zero-order chi connectivity index (χ0) is 18.6. The van der Waals surface area contributed by atoms with Crippen LogP contribution in [0.3, 0.4) is 0 Å². The molecule has 142 valence electrons. The third kappa shape index (κ3) is 4.27. The van der Waals surface area contributed by atoms with Gasteiger partial charge in [0.2, 0.25) is 5.89 Å². The fourth-order valence-corrected chi connectivity index (χ4v) is 3.66. The molecule has 2 aromatic heterocycles. The molecule has 3 aromatic rings. The van der Waals surface area contributed by atoms with Gasteiger partial charge in [0.25, 0.3) is 0 Å². The van der Waals surface area contributed by atoms with Gasteiger partial charge in [-0.2, -0.15) is 4.98 Å². The van der Waals surface area contributed by atoms with Crippen LogP contribution in [0.25, 0.3) is 0 Å². The molecule has 0 saturated carbocycles. The average molecular weight is 365 g/mol. The summed E-state index contributed by atoms with van der Waals surface area (Å²) in [5, 5.41) is 4.13. The Morgan fingerprint density at radius 1 is 1.19 bits per heavy atom. The average Bonchev–Trinajstić information content (AvgIpc) is 3.33. The van der Waals surface area contributed by atoms with Crippen LogP contribution in [0.2, 0.25) is 0 Å². The van der Waals surface area contributed by atoms with Crippen LogP contribution < -0.4 is 0 Å². The van der Waals surface area contributed by atoms with Gasteiger partial charge in [0.15, 0.2) is 5.82 Å². The van der Waals surface area contributed by atoms with Gasteiger partial charge in [-0.15, -0.1) is 0 Å². The molecule has 0 bridgehead atoms. The van der Waals surface area contributed by atoms with Gasteiger partial charge in [-0.3, -0.25) is 4.90 Å². The molecule has 0 N–H and O–H groups in total. The predicted molar refractivity (Wildman–Crippen MR) is 103 cm³/mol. The van der Waals surface area contributed by atoms with E-state index in [1.165, 1.54) is 5.56 Å². The smallest absolute Gasteiger partial charge is 0.231 e. The van der Waals surface area contributed by atoms with Crippen LogP contribution in [0.5, 0.6) is 0 Å². The van der Waals surface area contributed by atoms with Crippen molar-refractivity contribution in [3.05, 3.63) is 65.8 Å². The van der Waals surface area contributed by atoms with Gasteiger partial charge in [0.05, 0.1) is 12.5 Å². The number of imidazole rings is 1. The molecule has 1 saturated heterocycles. The zero-order valence-corrected chi connectivity index (χ0v) is 16.1. The number of hydrogen-bond donors (Lipinski definition) is 0. The minimum Gasteiger partial charge on any atom is -0.339 e.